The largest absolute Gasteiger partial charge is 0.507 e. The molecule has 2 unspecified atom stereocenters. The van der Waals surface area contributed by atoms with E-state index >= 15 is 0 Å². The third-order valence-electron chi connectivity index (χ3n) is 7.69. The minimum absolute atomic E-state index is 0.140. The van der Waals surface area contributed by atoms with Gasteiger partial charge in [-0.05, 0) is 61.2 Å². The van der Waals surface area contributed by atoms with Crippen LogP contribution in [0.15, 0.2) is 86.5 Å². The van der Waals surface area contributed by atoms with Crippen molar-refractivity contribution in [2.24, 2.45) is 0 Å². The molecular formula is C29H25N3O5. The highest BCUT2D eigenvalue weighted by Crippen LogP contribution is 2.50. The number of carbonyl (C=O) groups is 2. The highest BCUT2D eigenvalue weighted by atomic mass is 16.3. The van der Waals surface area contributed by atoms with Crippen LogP contribution in [0.2, 0.25) is 0 Å². The van der Waals surface area contributed by atoms with Crippen molar-refractivity contribution in [3.8, 4) is 11.4 Å². The minimum atomic E-state index is -0.611. The fraction of sp³-hybridized carbons (Fsp3) is 0.241. The second-order valence-electron chi connectivity index (χ2n) is 9.94. The highest BCUT2D eigenvalue weighted by Gasteiger charge is 2.44. The van der Waals surface area contributed by atoms with Crippen LogP contribution in [0.4, 0.5) is 0 Å². The monoisotopic (exact) mass is 495 g/mol. The Balaban J connectivity index is 1.61. The summed E-state index contributed by atoms with van der Waals surface area (Å²) in [6, 6.07) is 11.8. The summed E-state index contributed by atoms with van der Waals surface area (Å²) in [7, 11) is 0. The highest BCUT2D eigenvalue weighted by molar-refractivity contribution is 6.23. The average Bonchev–Trinajstić information content (AvgIpc) is 3.14. The molecule has 1 N–H and O–H groups in total. The van der Waals surface area contributed by atoms with Crippen LogP contribution in [-0.2, 0) is 16.1 Å². The van der Waals surface area contributed by atoms with Gasteiger partial charge in [-0.1, -0.05) is 36.4 Å². The lowest BCUT2D eigenvalue weighted by Crippen LogP contribution is -2.40. The molecule has 186 valence electrons. The van der Waals surface area contributed by atoms with E-state index in [0.29, 0.717) is 33.5 Å². The zero-order chi connectivity index (χ0) is 26.2. The van der Waals surface area contributed by atoms with Crippen LogP contribution in [0.25, 0.3) is 5.69 Å². The van der Waals surface area contributed by atoms with Gasteiger partial charge in [0.1, 0.15) is 5.75 Å². The zero-order valence-electron chi connectivity index (χ0n) is 20.7. The summed E-state index contributed by atoms with van der Waals surface area (Å²) in [4.78, 5) is 53.7. The summed E-state index contributed by atoms with van der Waals surface area (Å²) in [6.07, 6.45) is 3.42. The van der Waals surface area contributed by atoms with Crippen LogP contribution in [0.3, 0.4) is 0 Å². The second kappa shape index (κ2) is 8.03. The molecule has 3 aromatic rings. The van der Waals surface area contributed by atoms with Gasteiger partial charge in [0.15, 0.2) is 11.6 Å². The van der Waals surface area contributed by atoms with Crippen LogP contribution in [-0.4, -0.2) is 30.6 Å². The van der Waals surface area contributed by atoms with E-state index in [4.69, 9.17) is 0 Å². The lowest BCUT2D eigenvalue weighted by Gasteiger charge is -2.39. The number of ketones is 2. The molecule has 6 rings (SSSR count). The maximum absolute atomic E-state index is 13.7. The number of allylic oxidation sites excluding steroid dienone is 6. The van der Waals surface area contributed by atoms with Gasteiger partial charge in [-0.25, -0.2) is 23.5 Å². The SMILES string of the molecule is CC1=CC(=O)C2=C(CC3C(=CCn4c(=O)n(-c5ccccc5)c(=O)n43)C2c2cc(C)c(O)c(C)c2)C1=O. The van der Waals surface area contributed by atoms with Crippen LogP contribution in [0.1, 0.15) is 42.0 Å². The molecule has 1 aliphatic heterocycles. The fourth-order valence-electron chi connectivity index (χ4n) is 5.99. The van der Waals surface area contributed by atoms with E-state index in [1.807, 2.05) is 24.3 Å². The summed E-state index contributed by atoms with van der Waals surface area (Å²) in [6.45, 7) is 5.35. The Kier molecular flexibility index (Phi) is 4.98. The zero-order valence-corrected chi connectivity index (χ0v) is 20.7. The number of para-hydroxylation sites is 1. The third kappa shape index (κ3) is 3.21. The Morgan fingerprint density at radius 1 is 0.919 bits per heavy atom. The number of fused-ring (bicyclic) bond motifs is 3. The maximum atomic E-state index is 13.7. The van der Waals surface area contributed by atoms with Gasteiger partial charge in [0.2, 0.25) is 0 Å². The van der Waals surface area contributed by atoms with Gasteiger partial charge in [0, 0.05) is 29.1 Å². The van der Waals surface area contributed by atoms with Crippen LogP contribution in [0.5, 0.6) is 5.75 Å². The van der Waals surface area contributed by atoms with Crippen LogP contribution in [0, 0.1) is 13.8 Å². The van der Waals surface area contributed by atoms with E-state index in [1.165, 1.54) is 15.4 Å². The smallest absolute Gasteiger partial charge is 0.352 e. The molecule has 0 radical (unpaired) electrons. The molecule has 0 bridgehead atoms. The summed E-state index contributed by atoms with van der Waals surface area (Å²) < 4.78 is 3.98. The van der Waals surface area contributed by atoms with Gasteiger partial charge in [-0.15, -0.1) is 0 Å². The molecule has 0 saturated carbocycles. The van der Waals surface area contributed by atoms with E-state index in [2.05, 4.69) is 0 Å². The summed E-state index contributed by atoms with van der Waals surface area (Å²) in [5, 5.41) is 10.4. The molecule has 2 aromatic carbocycles. The van der Waals surface area contributed by atoms with Crippen molar-refractivity contribution in [2.75, 3.05) is 0 Å². The number of phenolic OH excluding ortho intramolecular Hbond substituents is 1. The molecule has 0 spiro atoms. The first kappa shape index (κ1) is 23.0. The number of carbonyl (C=O) groups excluding carboxylic acids is 2. The Hall–Kier alpha value is -4.46. The Bertz CT molecular complexity index is 1720. The standard InChI is InChI=1S/C29H25N3O5/c1-15-11-18(12-16(2)26(15)34)24-20-9-10-30-28(36)31(19-7-5-4-6-8-19)29(37)32(30)22(20)14-21-25(24)23(33)13-17(3)27(21)35/h4-9,11-13,22,24,34H,10,14H2,1-3H3. The van der Waals surface area contributed by atoms with E-state index in [1.54, 1.807) is 45.0 Å². The van der Waals surface area contributed by atoms with Gasteiger partial charge in [0.05, 0.1) is 18.3 Å². The predicted octanol–water partition coefficient (Wildman–Crippen LogP) is 3.19. The fourth-order valence-corrected chi connectivity index (χ4v) is 5.99. The lowest BCUT2D eigenvalue weighted by molar-refractivity contribution is -0.116. The number of benzene rings is 2. The average molecular weight is 496 g/mol. The number of aromatic nitrogens is 3. The van der Waals surface area contributed by atoms with E-state index in [-0.39, 0.29) is 30.3 Å². The van der Waals surface area contributed by atoms with Crippen molar-refractivity contribution >= 4 is 11.6 Å². The topological polar surface area (TPSA) is 103 Å². The first-order valence-corrected chi connectivity index (χ1v) is 12.2. The van der Waals surface area contributed by atoms with Crippen LogP contribution >= 0.6 is 0 Å². The minimum Gasteiger partial charge on any atom is -0.507 e. The van der Waals surface area contributed by atoms with E-state index in [0.717, 1.165) is 15.7 Å². The number of nitrogens with zero attached hydrogens (tertiary/aromatic N) is 3. The molecule has 2 atom stereocenters. The number of aryl methyl sites for hydroxylation is 2. The van der Waals surface area contributed by atoms with Crippen molar-refractivity contribution in [2.45, 2.75) is 45.7 Å². The number of Topliss-reactive ketones (excluding diaryl/α,β-unsaturated/α-hetero) is 1. The first-order valence-electron chi connectivity index (χ1n) is 12.2. The summed E-state index contributed by atoms with van der Waals surface area (Å²) in [5.41, 5.74) is 3.53. The first-order chi connectivity index (χ1) is 17.7. The molecule has 8 nitrogen and oxygen atoms in total. The number of phenols is 1. The quantitative estimate of drug-likeness (QED) is 0.435. The van der Waals surface area contributed by atoms with Gasteiger partial charge >= 0.3 is 11.4 Å². The molecule has 0 saturated heterocycles. The van der Waals surface area contributed by atoms with Gasteiger partial charge in [0.25, 0.3) is 0 Å². The number of aromatic hydroxyl groups is 1. The van der Waals surface area contributed by atoms with E-state index < -0.39 is 23.3 Å². The Labute approximate surface area is 212 Å². The molecule has 1 aromatic heterocycles. The van der Waals surface area contributed by atoms with Crippen molar-refractivity contribution in [1.82, 2.24) is 13.9 Å². The van der Waals surface area contributed by atoms with Gasteiger partial charge in [-0.2, -0.15) is 0 Å². The lowest BCUT2D eigenvalue weighted by atomic mass is 9.67. The molecular weight excluding hydrogens is 470 g/mol. The van der Waals surface area contributed by atoms with Gasteiger partial charge < -0.3 is 5.11 Å². The van der Waals surface area contributed by atoms with Crippen molar-refractivity contribution in [3.63, 3.8) is 0 Å². The molecule has 0 amide bonds. The Morgan fingerprint density at radius 2 is 1.59 bits per heavy atom. The normalized spacial score (nSPS) is 20.7. The molecule has 3 aliphatic rings. The van der Waals surface area contributed by atoms with Crippen molar-refractivity contribution < 1.29 is 14.7 Å². The third-order valence-corrected chi connectivity index (χ3v) is 7.69. The van der Waals surface area contributed by atoms with E-state index in [9.17, 15) is 24.3 Å². The predicted molar refractivity (Wildman–Crippen MR) is 137 cm³/mol. The molecule has 37 heavy (non-hydrogen) atoms. The Morgan fingerprint density at radius 3 is 2.27 bits per heavy atom. The van der Waals surface area contributed by atoms with Crippen LogP contribution < -0.4 is 11.4 Å². The number of hydrogen-bond acceptors (Lipinski definition) is 5. The van der Waals surface area contributed by atoms with Gasteiger partial charge in [-0.3, -0.25) is 9.59 Å². The second-order valence-corrected chi connectivity index (χ2v) is 9.94. The molecule has 0 fully saturated rings. The number of rotatable bonds is 2. The van der Waals surface area contributed by atoms with Crippen molar-refractivity contribution in [1.29, 1.82) is 0 Å². The maximum Gasteiger partial charge on any atom is 0.352 e. The summed E-state index contributed by atoms with van der Waals surface area (Å²) >= 11 is 0. The molecule has 8 heteroatoms. The molecule has 2 aliphatic carbocycles. The summed E-state index contributed by atoms with van der Waals surface area (Å²) in [5.74, 6) is -0.851. The number of hydrogen-bond donors (Lipinski definition) is 1. The molecule has 2 heterocycles. The van der Waals surface area contributed by atoms with Crippen molar-refractivity contribution in [3.05, 3.63) is 115 Å².